The Kier molecular flexibility index (Phi) is 3.53. The fourth-order valence-corrected chi connectivity index (χ4v) is 2.03. The van der Waals surface area contributed by atoms with Crippen LogP contribution in [0.15, 0.2) is 60.7 Å². The molecule has 3 rings (SSSR count). The van der Waals surface area contributed by atoms with Gasteiger partial charge < -0.3 is 10.5 Å². The van der Waals surface area contributed by atoms with Crippen LogP contribution in [0.25, 0.3) is 10.9 Å². The number of fused-ring (bicyclic) bond motifs is 1. The number of ether oxygens (including phenoxy) is 1. The number of hydrogen-bond donors (Lipinski definition) is 1. The van der Waals surface area contributed by atoms with Gasteiger partial charge in [0, 0.05) is 10.9 Å². The first-order valence-corrected chi connectivity index (χ1v) is 6.61. The monoisotopic (exact) mass is 292 g/mol. The van der Waals surface area contributed by atoms with Crippen LogP contribution in [-0.4, -0.2) is 16.9 Å². The Morgan fingerprint density at radius 1 is 0.909 bits per heavy atom. The zero-order valence-electron chi connectivity index (χ0n) is 11.5. The van der Waals surface area contributed by atoms with Crippen LogP contribution in [0.3, 0.4) is 0 Å². The molecule has 1 aromatic heterocycles. The Hall–Kier alpha value is -3.21. The highest BCUT2D eigenvalue weighted by Crippen LogP contribution is 2.16. The Morgan fingerprint density at radius 3 is 2.36 bits per heavy atom. The number of para-hydroxylation sites is 1. The fourth-order valence-electron chi connectivity index (χ4n) is 2.03. The highest BCUT2D eigenvalue weighted by Gasteiger charge is 2.11. The Labute approximate surface area is 126 Å². The molecule has 0 saturated carbocycles. The average molecular weight is 292 g/mol. The minimum Gasteiger partial charge on any atom is -0.422 e. The lowest BCUT2D eigenvalue weighted by atomic mass is 10.2. The third-order valence-electron chi connectivity index (χ3n) is 3.16. The van der Waals surface area contributed by atoms with Gasteiger partial charge in [0.1, 0.15) is 11.4 Å². The first-order valence-electron chi connectivity index (χ1n) is 6.61. The van der Waals surface area contributed by atoms with Gasteiger partial charge in [-0.25, -0.2) is 9.78 Å². The van der Waals surface area contributed by atoms with Crippen LogP contribution < -0.4 is 10.5 Å². The molecular weight excluding hydrogens is 280 g/mol. The quantitative estimate of drug-likeness (QED) is 0.594. The number of pyridine rings is 1. The van der Waals surface area contributed by atoms with Crippen LogP contribution in [-0.2, 0) is 0 Å². The van der Waals surface area contributed by atoms with Gasteiger partial charge in [0.05, 0.1) is 5.52 Å². The summed E-state index contributed by atoms with van der Waals surface area (Å²) in [6.07, 6.45) is 0. The molecule has 2 aromatic carbocycles. The lowest BCUT2D eigenvalue weighted by Crippen LogP contribution is -2.12. The summed E-state index contributed by atoms with van der Waals surface area (Å²) in [5.41, 5.74) is 6.45. The Bertz CT molecular complexity index is 857. The van der Waals surface area contributed by atoms with Gasteiger partial charge in [0.15, 0.2) is 0 Å². The number of aromatic nitrogens is 1. The van der Waals surface area contributed by atoms with Crippen molar-refractivity contribution in [1.29, 1.82) is 0 Å². The summed E-state index contributed by atoms with van der Waals surface area (Å²) in [6, 6.07) is 17.0. The molecule has 22 heavy (non-hydrogen) atoms. The summed E-state index contributed by atoms with van der Waals surface area (Å²) in [6.45, 7) is 0. The lowest BCUT2D eigenvalue weighted by molar-refractivity contribution is 0.0729. The highest BCUT2D eigenvalue weighted by molar-refractivity contribution is 5.94. The number of carbonyl (C=O) groups is 2. The molecule has 0 saturated heterocycles. The molecule has 108 valence electrons. The van der Waals surface area contributed by atoms with E-state index < -0.39 is 11.9 Å². The molecule has 0 unspecified atom stereocenters. The number of rotatable bonds is 3. The zero-order valence-corrected chi connectivity index (χ0v) is 11.5. The van der Waals surface area contributed by atoms with Crippen LogP contribution in [0, 0.1) is 0 Å². The maximum atomic E-state index is 12.1. The van der Waals surface area contributed by atoms with E-state index in [0.29, 0.717) is 11.3 Å². The van der Waals surface area contributed by atoms with Crippen molar-refractivity contribution >= 4 is 22.8 Å². The molecule has 5 heteroatoms. The second-order valence-corrected chi connectivity index (χ2v) is 4.67. The molecule has 0 bridgehead atoms. The van der Waals surface area contributed by atoms with E-state index in [1.165, 1.54) is 24.3 Å². The van der Waals surface area contributed by atoms with Crippen LogP contribution >= 0.6 is 0 Å². The molecule has 5 nitrogen and oxygen atoms in total. The molecule has 0 fully saturated rings. The van der Waals surface area contributed by atoms with Gasteiger partial charge in [0.25, 0.3) is 0 Å². The van der Waals surface area contributed by atoms with Crippen molar-refractivity contribution < 1.29 is 14.3 Å². The van der Waals surface area contributed by atoms with E-state index in [9.17, 15) is 9.59 Å². The molecular formula is C17H12N2O3. The van der Waals surface area contributed by atoms with E-state index in [-0.39, 0.29) is 5.69 Å². The predicted molar refractivity (Wildman–Crippen MR) is 81.7 cm³/mol. The van der Waals surface area contributed by atoms with Gasteiger partial charge in [-0.2, -0.15) is 0 Å². The van der Waals surface area contributed by atoms with Crippen molar-refractivity contribution in [3.63, 3.8) is 0 Å². The van der Waals surface area contributed by atoms with E-state index in [4.69, 9.17) is 10.5 Å². The lowest BCUT2D eigenvalue weighted by Gasteiger charge is -2.05. The molecule has 0 aliphatic heterocycles. The highest BCUT2D eigenvalue weighted by atomic mass is 16.5. The van der Waals surface area contributed by atoms with Crippen molar-refractivity contribution in [2.24, 2.45) is 5.73 Å². The van der Waals surface area contributed by atoms with E-state index in [1.54, 1.807) is 6.07 Å². The van der Waals surface area contributed by atoms with Gasteiger partial charge >= 0.3 is 5.97 Å². The smallest absolute Gasteiger partial charge is 0.362 e. The average Bonchev–Trinajstić information content (AvgIpc) is 2.55. The van der Waals surface area contributed by atoms with Crippen molar-refractivity contribution in [3.05, 3.63) is 71.9 Å². The number of amides is 1. The minimum absolute atomic E-state index is 0.220. The van der Waals surface area contributed by atoms with E-state index in [2.05, 4.69) is 4.98 Å². The van der Waals surface area contributed by atoms with Crippen LogP contribution in [0.1, 0.15) is 20.8 Å². The minimum atomic E-state index is -0.558. The molecule has 3 aromatic rings. The van der Waals surface area contributed by atoms with Gasteiger partial charge in [-0.15, -0.1) is 0 Å². The van der Waals surface area contributed by atoms with Gasteiger partial charge in [-0.3, -0.25) is 4.79 Å². The third-order valence-corrected chi connectivity index (χ3v) is 3.16. The maximum absolute atomic E-state index is 12.1. The van der Waals surface area contributed by atoms with Gasteiger partial charge in [0.2, 0.25) is 5.91 Å². The topological polar surface area (TPSA) is 82.3 Å². The Morgan fingerprint density at radius 2 is 1.64 bits per heavy atom. The summed E-state index contributed by atoms with van der Waals surface area (Å²) in [5, 5.41) is 0.949. The number of primary amides is 1. The second kappa shape index (κ2) is 5.65. The summed E-state index contributed by atoms with van der Waals surface area (Å²) in [7, 11) is 0. The second-order valence-electron chi connectivity index (χ2n) is 4.67. The number of hydrogen-bond acceptors (Lipinski definition) is 4. The summed E-state index contributed by atoms with van der Waals surface area (Å²) < 4.78 is 5.23. The molecule has 1 amide bonds. The first kappa shape index (κ1) is 13.8. The van der Waals surface area contributed by atoms with Crippen molar-refractivity contribution in [1.82, 2.24) is 4.98 Å². The predicted octanol–water partition coefficient (Wildman–Crippen LogP) is 2.55. The number of esters is 1. The van der Waals surface area contributed by atoms with E-state index in [1.807, 2.05) is 30.3 Å². The fraction of sp³-hybridized carbons (Fsp3) is 0. The van der Waals surface area contributed by atoms with Crippen molar-refractivity contribution in [2.75, 3.05) is 0 Å². The molecule has 0 radical (unpaired) electrons. The van der Waals surface area contributed by atoms with E-state index >= 15 is 0 Å². The normalized spacial score (nSPS) is 10.4. The summed E-state index contributed by atoms with van der Waals surface area (Å²) in [5.74, 6) is -0.767. The number of carbonyl (C=O) groups excluding carboxylic acids is 2. The van der Waals surface area contributed by atoms with Gasteiger partial charge in [-0.1, -0.05) is 24.3 Å². The molecule has 2 N–H and O–H groups in total. The summed E-state index contributed by atoms with van der Waals surface area (Å²) in [4.78, 5) is 27.4. The molecule has 0 aliphatic carbocycles. The summed E-state index contributed by atoms with van der Waals surface area (Å²) >= 11 is 0. The molecule has 1 heterocycles. The maximum Gasteiger partial charge on any atom is 0.362 e. The SMILES string of the molecule is NC(=O)c1ccc(OC(=O)c2ccc3ccccc3n2)cc1. The number of benzene rings is 2. The zero-order chi connectivity index (χ0) is 15.5. The van der Waals surface area contributed by atoms with Crippen LogP contribution in [0.5, 0.6) is 5.75 Å². The van der Waals surface area contributed by atoms with Crippen LogP contribution in [0.4, 0.5) is 0 Å². The van der Waals surface area contributed by atoms with Crippen LogP contribution in [0.2, 0.25) is 0 Å². The first-order chi connectivity index (χ1) is 10.6. The largest absolute Gasteiger partial charge is 0.422 e. The number of nitrogens with zero attached hydrogens (tertiary/aromatic N) is 1. The molecule has 0 spiro atoms. The van der Waals surface area contributed by atoms with Crippen molar-refractivity contribution in [2.45, 2.75) is 0 Å². The van der Waals surface area contributed by atoms with E-state index in [0.717, 1.165) is 10.9 Å². The molecule has 0 atom stereocenters. The standard InChI is InChI=1S/C17H12N2O3/c18-16(20)12-5-8-13(9-6-12)22-17(21)15-10-7-11-3-1-2-4-14(11)19-15/h1-10H,(H2,18,20). The Balaban J connectivity index is 1.81. The van der Waals surface area contributed by atoms with Gasteiger partial charge in [-0.05, 0) is 36.4 Å². The van der Waals surface area contributed by atoms with Crippen molar-refractivity contribution in [3.8, 4) is 5.75 Å². The number of nitrogens with two attached hydrogens (primary N) is 1. The molecule has 0 aliphatic rings. The third kappa shape index (κ3) is 2.78.